The maximum Gasteiger partial charge on any atom is 0.136 e. The number of hydrogen-bond donors (Lipinski definition) is 1. The Labute approximate surface area is 104 Å². The number of benzene rings is 1. The monoisotopic (exact) mass is 248 g/mol. The molecule has 2 aromatic rings. The molecule has 2 nitrogen and oxygen atoms in total. The summed E-state index contributed by atoms with van der Waals surface area (Å²) in [4.78, 5) is 4.67. The Morgan fingerprint density at radius 2 is 2.06 bits per heavy atom. The van der Waals surface area contributed by atoms with Gasteiger partial charge >= 0.3 is 0 Å². The van der Waals surface area contributed by atoms with E-state index in [0.29, 0.717) is 11.4 Å². The van der Waals surface area contributed by atoms with Gasteiger partial charge < -0.3 is 5.73 Å². The Morgan fingerprint density at radius 3 is 2.71 bits per heavy atom. The third kappa shape index (κ3) is 3.05. The van der Waals surface area contributed by atoms with Gasteiger partial charge in [-0.1, -0.05) is 18.2 Å². The van der Waals surface area contributed by atoms with Gasteiger partial charge in [0, 0.05) is 29.1 Å². The Morgan fingerprint density at radius 1 is 1.24 bits per heavy atom. The van der Waals surface area contributed by atoms with E-state index in [2.05, 4.69) is 4.98 Å². The van der Waals surface area contributed by atoms with Gasteiger partial charge in [-0.3, -0.25) is 4.98 Å². The van der Waals surface area contributed by atoms with Crippen molar-refractivity contribution >= 4 is 11.8 Å². The summed E-state index contributed by atoms with van der Waals surface area (Å²) in [5, 5.41) is 0.0283. The van der Waals surface area contributed by atoms with E-state index in [1.54, 1.807) is 24.5 Å². The molecule has 1 atom stereocenters. The molecular weight excluding hydrogens is 235 g/mol. The summed E-state index contributed by atoms with van der Waals surface area (Å²) >= 11 is 1.43. The van der Waals surface area contributed by atoms with Crippen molar-refractivity contribution in [1.82, 2.24) is 4.98 Å². The Bertz CT molecular complexity index is 476. The standard InChI is InChI=1S/C13H13FN2S/c14-11-5-1-2-6-12(11)17-13(8-15)10-4-3-7-16-9-10/h1-7,9,13H,8,15H2. The summed E-state index contributed by atoms with van der Waals surface area (Å²) < 4.78 is 13.5. The molecule has 0 fully saturated rings. The summed E-state index contributed by atoms with van der Waals surface area (Å²) in [6.07, 6.45) is 3.48. The number of pyridine rings is 1. The van der Waals surface area contributed by atoms with E-state index in [1.807, 2.05) is 18.2 Å². The van der Waals surface area contributed by atoms with Crippen molar-refractivity contribution in [3.8, 4) is 0 Å². The van der Waals surface area contributed by atoms with Crippen LogP contribution in [0.2, 0.25) is 0 Å². The van der Waals surface area contributed by atoms with E-state index < -0.39 is 0 Å². The zero-order valence-electron chi connectivity index (χ0n) is 9.21. The Kier molecular flexibility index (Phi) is 4.12. The van der Waals surface area contributed by atoms with Gasteiger partial charge in [0.25, 0.3) is 0 Å². The van der Waals surface area contributed by atoms with Crippen molar-refractivity contribution < 1.29 is 4.39 Å². The molecule has 0 saturated heterocycles. The van der Waals surface area contributed by atoms with Crippen molar-refractivity contribution in [2.75, 3.05) is 6.54 Å². The minimum atomic E-state index is -0.208. The van der Waals surface area contributed by atoms with Crippen molar-refractivity contribution in [2.45, 2.75) is 10.1 Å². The van der Waals surface area contributed by atoms with Crippen LogP contribution in [0, 0.1) is 5.82 Å². The average molecular weight is 248 g/mol. The van der Waals surface area contributed by atoms with Crippen LogP contribution < -0.4 is 5.73 Å². The molecule has 0 aliphatic rings. The summed E-state index contributed by atoms with van der Waals surface area (Å²) in [5.74, 6) is -0.208. The van der Waals surface area contributed by atoms with Crippen LogP contribution in [-0.4, -0.2) is 11.5 Å². The molecule has 0 aliphatic heterocycles. The van der Waals surface area contributed by atoms with Gasteiger partial charge in [0.05, 0.1) is 0 Å². The molecule has 1 heterocycles. The van der Waals surface area contributed by atoms with E-state index in [0.717, 1.165) is 5.56 Å². The molecule has 1 aromatic carbocycles. The van der Waals surface area contributed by atoms with E-state index in [4.69, 9.17) is 5.73 Å². The number of aromatic nitrogens is 1. The van der Waals surface area contributed by atoms with Gasteiger partial charge in [-0.2, -0.15) is 0 Å². The largest absolute Gasteiger partial charge is 0.329 e. The van der Waals surface area contributed by atoms with Crippen molar-refractivity contribution in [3.05, 3.63) is 60.2 Å². The lowest BCUT2D eigenvalue weighted by Crippen LogP contribution is -2.09. The smallest absolute Gasteiger partial charge is 0.136 e. The number of halogens is 1. The molecule has 0 bridgehead atoms. The minimum absolute atomic E-state index is 0.0283. The minimum Gasteiger partial charge on any atom is -0.329 e. The zero-order valence-corrected chi connectivity index (χ0v) is 10.0. The van der Waals surface area contributed by atoms with Gasteiger partial charge in [-0.05, 0) is 23.8 Å². The normalized spacial score (nSPS) is 12.4. The fourth-order valence-electron chi connectivity index (χ4n) is 1.51. The molecular formula is C13H13FN2S. The number of hydrogen-bond acceptors (Lipinski definition) is 3. The van der Waals surface area contributed by atoms with Crippen molar-refractivity contribution in [1.29, 1.82) is 0 Å². The van der Waals surface area contributed by atoms with Crippen LogP contribution in [0.3, 0.4) is 0 Å². The topological polar surface area (TPSA) is 38.9 Å². The molecule has 2 rings (SSSR count). The fourth-order valence-corrected chi connectivity index (χ4v) is 2.53. The first-order valence-corrected chi connectivity index (χ1v) is 6.20. The molecule has 1 unspecified atom stereocenters. The maximum atomic E-state index is 13.5. The predicted molar refractivity (Wildman–Crippen MR) is 68.3 cm³/mol. The molecule has 0 saturated carbocycles. The molecule has 0 radical (unpaired) electrons. The lowest BCUT2D eigenvalue weighted by atomic mass is 10.2. The second kappa shape index (κ2) is 5.80. The highest BCUT2D eigenvalue weighted by molar-refractivity contribution is 7.99. The van der Waals surface area contributed by atoms with E-state index in [1.165, 1.54) is 17.8 Å². The number of thioether (sulfide) groups is 1. The third-order valence-corrected chi connectivity index (χ3v) is 3.71. The fraction of sp³-hybridized carbons (Fsp3) is 0.154. The molecule has 1 aromatic heterocycles. The summed E-state index contributed by atoms with van der Waals surface area (Å²) in [6.45, 7) is 0.449. The molecule has 88 valence electrons. The zero-order chi connectivity index (χ0) is 12.1. The lowest BCUT2D eigenvalue weighted by molar-refractivity contribution is 0.601. The Balaban J connectivity index is 2.19. The van der Waals surface area contributed by atoms with Crippen LogP contribution in [0.1, 0.15) is 10.8 Å². The summed E-state index contributed by atoms with van der Waals surface area (Å²) in [5.41, 5.74) is 6.75. The molecule has 0 spiro atoms. The van der Waals surface area contributed by atoms with Gasteiger partial charge in [-0.15, -0.1) is 11.8 Å². The van der Waals surface area contributed by atoms with Crippen LogP contribution in [-0.2, 0) is 0 Å². The second-order valence-corrected chi connectivity index (χ2v) is 4.80. The number of nitrogens with zero attached hydrogens (tertiary/aromatic N) is 1. The van der Waals surface area contributed by atoms with Crippen molar-refractivity contribution in [2.24, 2.45) is 5.73 Å². The van der Waals surface area contributed by atoms with E-state index in [-0.39, 0.29) is 11.1 Å². The van der Waals surface area contributed by atoms with Gasteiger partial charge in [0.15, 0.2) is 0 Å². The molecule has 4 heteroatoms. The average Bonchev–Trinajstić information content (AvgIpc) is 2.39. The maximum absolute atomic E-state index is 13.5. The highest BCUT2D eigenvalue weighted by atomic mass is 32.2. The first-order valence-electron chi connectivity index (χ1n) is 5.32. The number of rotatable bonds is 4. The quantitative estimate of drug-likeness (QED) is 0.845. The van der Waals surface area contributed by atoms with E-state index >= 15 is 0 Å². The highest BCUT2D eigenvalue weighted by Crippen LogP contribution is 2.35. The van der Waals surface area contributed by atoms with Crippen molar-refractivity contribution in [3.63, 3.8) is 0 Å². The lowest BCUT2D eigenvalue weighted by Gasteiger charge is -2.14. The van der Waals surface area contributed by atoms with Gasteiger partial charge in [0.2, 0.25) is 0 Å². The van der Waals surface area contributed by atoms with Crippen LogP contribution >= 0.6 is 11.8 Å². The molecule has 17 heavy (non-hydrogen) atoms. The Hall–Kier alpha value is -1.39. The molecule has 2 N–H and O–H groups in total. The first kappa shape index (κ1) is 12.1. The van der Waals surface area contributed by atoms with Gasteiger partial charge in [0.1, 0.15) is 5.82 Å². The summed E-state index contributed by atoms with van der Waals surface area (Å²) in [7, 11) is 0. The summed E-state index contributed by atoms with van der Waals surface area (Å²) in [6, 6.07) is 10.5. The van der Waals surface area contributed by atoms with E-state index in [9.17, 15) is 4.39 Å². The first-order chi connectivity index (χ1) is 8.31. The third-order valence-electron chi connectivity index (χ3n) is 2.38. The van der Waals surface area contributed by atoms with Crippen LogP contribution in [0.15, 0.2) is 53.7 Å². The molecule has 0 aliphatic carbocycles. The predicted octanol–water partition coefficient (Wildman–Crippen LogP) is 3.01. The second-order valence-electron chi connectivity index (χ2n) is 3.56. The number of nitrogens with two attached hydrogens (primary N) is 1. The van der Waals surface area contributed by atoms with Crippen LogP contribution in [0.4, 0.5) is 4.39 Å². The highest BCUT2D eigenvalue weighted by Gasteiger charge is 2.13. The van der Waals surface area contributed by atoms with Crippen LogP contribution in [0.5, 0.6) is 0 Å². The molecule has 0 amide bonds. The SMILES string of the molecule is NCC(Sc1ccccc1F)c1cccnc1. The van der Waals surface area contributed by atoms with Gasteiger partial charge in [-0.25, -0.2) is 4.39 Å². The van der Waals surface area contributed by atoms with Crippen LogP contribution in [0.25, 0.3) is 0 Å².